The molecule has 4 nitrogen and oxygen atoms in total. The fourth-order valence-electron chi connectivity index (χ4n) is 0.750. The van der Waals surface area contributed by atoms with Crippen LogP contribution in [-0.2, 0) is 0 Å². The molecule has 0 spiro atoms. The Morgan fingerprint density at radius 3 is 2.91 bits per heavy atom. The molecule has 1 rings (SSSR count). The molecule has 0 aliphatic heterocycles. The number of anilines is 2. The Hall–Kier alpha value is -1.29. The number of nitrogen functional groups attached to an aromatic ring is 1. The van der Waals surface area contributed by atoms with Crippen molar-refractivity contribution in [2.75, 3.05) is 24.1 Å². The molecule has 1 heterocycles. The van der Waals surface area contributed by atoms with E-state index in [1.807, 2.05) is 12.1 Å². The summed E-state index contributed by atoms with van der Waals surface area (Å²) in [5.74, 6) is 1.29. The standard InChI is InChI=1S/C7H12N4/c8-4-5-10-7-3-1-2-6(9)11-7/h1-3H,4-5,8H2,(H3,9,10,11). The third-order valence-corrected chi connectivity index (χ3v) is 1.22. The zero-order valence-corrected chi connectivity index (χ0v) is 6.25. The summed E-state index contributed by atoms with van der Waals surface area (Å²) in [6.07, 6.45) is 0. The highest BCUT2D eigenvalue weighted by atomic mass is 15.0. The first-order valence-corrected chi connectivity index (χ1v) is 3.49. The molecule has 0 unspecified atom stereocenters. The van der Waals surface area contributed by atoms with Crippen LogP contribution in [-0.4, -0.2) is 18.1 Å². The average Bonchev–Trinajstić information content (AvgIpc) is 2.01. The minimum absolute atomic E-state index is 0.520. The Balaban J connectivity index is 2.56. The maximum atomic E-state index is 5.45. The van der Waals surface area contributed by atoms with Crippen molar-refractivity contribution in [2.45, 2.75) is 0 Å². The third kappa shape index (κ3) is 2.43. The summed E-state index contributed by atoms with van der Waals surface area (Å²) in [6.45, 7) is 1.31. The molecule has 5 N–H and O–H groups in total. The molecule has 4 heteroatoms. The molecule has 0 saturated carbocycles. The molecule has 0 atom stereocenters. The third-order valence-electron chi connectivity index (χ3n) is 1.22. The lowest BCUT2D eigenvalue weighted by atomic mass is 10.4. The van der Waals surface area contributed by atoms with Crippen LogP contribution in [0.25, 0.3) is 0 Å². The molecule has 11 heavy (non-hydrogen) atoms. The maximum absolute atomic E-state index is 5.45. The number of hydrogen-bond acceptors (Lipinski definition) is 4. The Morgan fingerprint density at radius 1 is 1.45 bits per heavy atom. The van der Waals surface area contributed by atoms with Gasteiger partial charge in [0, 0.05) is 13.1 Å². The van der Waals surface area contributed by atoms with Gasteiger partial charge in [-0.15, -0.1) is 0 Å². The van der Waals surface area contributed by atoms with Gasteiger partial charge in [-0.25, -0.2) is 4.98 Å². The van der Waals surface area contributed by atoms with Gasteiger partial charge >= 0.3 is 0 Å². The molecule has 0 amide bonds. The van der Waals surface area contributed by atoms with E-state index in [0.29, 0.717) is 12.4 Å². The molecule has 0 aliphatic rings. The summed E-state index contributed by atoms with van der Waals surface area (Å²) >= 11 is 0. The zero-order valence-electron chi connectivity index (χ0n) is 6.25. The van der Waals surface area contributed by atoms with Crippen molar-refractivity contribution in [3.8, 4) is 0 Å². The van der Waals surface area contributed by atoms with Crippen LogP contribution in [0.15, 0.2) is 18.2 Å². The number of nitrogens with one attached hydrogen (secondary N) is 1. The molecule has 0 fully saturated rings. The second-order valence-electron chi connectivity index (χ2n) is 2.16. The van der Waals surface area contributed by atoms with Gasteiger partial charge < -0.3 is 16.8 Å². The van der Waals surface area contributed by atoms with Crippen molar-refractivity contribution in [1.82, 2.24) is 4.98 Å². The first-order valence-electron chi connectivity index (χ1n) is 3.49. The van der Waals surface area contributed by atoms with E-state index in [-0.39, 0.29) is 0 Å². The molecular formula is C7H12N4. The molecule has 0 radical (unpaired) electrons. The molecule has 0 aliphatic carbocycles. The minimum atomic E-state index is 0.520. The van der Waals surface area contributed by atoms with Crippen molar-refractivity contribution >= 4 is 11.6 Å². The van der Waals surface area contributed by atoms with E-state index in [2.05, 4.69) is 10.3 Å². The van der Waals surface area contributed by atoms with Crippen LogP contribution in [0.5, 0.6) is 0 Å². The lowest BCUT2D eigenvalue weighted by molar-refractivity contribution is 1.01. The summed E-state index contributed by atoms with van der Waals surface area (Å²) in [6, 6.07) is 5.45. The highest BCUT2D eigenvalue weighted by molar-refractivity contribution is 5.41. The zero-order chi connectivity index (χ0) is 8.10. The smallest absolute Gasteiger partial charge is 0.128 e. The summed E-state index contributed by atoms with van der Waals surface area (Å²) in [4.78, 5) is 4.02. The average molecular weight is 152 g/mol. The Morgan fingerprint density at radius 2 is 2.27 bits per heavy atom. The van der Waals surface area contributed by atoms with Crippen LogP contribution >= 0.6 is 0 Å². The van der Waals surface area contributed by atoms with E-state index >= 15 is 0 Å². The fourth-order valence-corrected chi connectivity index (χ4v) is 0.750. The first-order chi connectivity index (χ1) is 5.33. The lowest BCUT2D eigenvalue weighted by Crippen LogP contribution is -2.13. The van der Waals surface area contributed by atoms with Gasteiger partial charge in [-0.3, -0.25) is 0 Å². The van der Waals surface area contributed by atoms with Gasteiger partial charge in [-0.05, 0) is 12.1 Å². The number of pyridine rings is 1. The molecule has 0 aromatic carbocycles. The van der Waals surface area contributed by atoms with Gasteiger partial charge in [0.25, 0.3) is 0 Å². The molecule has 0 saturated heterocycles. The molecular weight excluding hydrogens is 140 g/mol. The molecule has 60 valence electrons. The van der Waals surface area contributed by atoms with Crippen LogP contribution < -0.4 is 16.8 Å². The van der Waals surface area contributed by atoms with Crippen molar-refractivity contribution in [2.24, 2.45) is 5.73 Å². The molecule has 1 aromatic heterocycles. The van der Waals surface area contributed by atoms with Gasteiger partial charge in [0.15, 0.2) is 0 Å². The monoisotopic (exact) mass is 152 g/mol. The fraction of sp³-hybridized carbons (Fsp3) is 0.286. The SMILES string of the molecule is NCCNc1cccc(N)n1. The second kappa shape index (κ2) is 3.78. The van der Waals surface area contributed by atoms with Crippen LogP contribution in [0.2, 0.25) is 0 Å². The Kier molecular flexibility index (Phi) is 2.68. The van der Waals surface area contributed by atoms with Gasteiger partial charge in [0.05, 0.1) is 0 Å². The van der Waals surface area contributed by atoms with Crippen LogP contribution in [0.1, 0.15) is 0 Å². The van der Waals surface area contributed by atoms with E-state index in [1.165, 1.54) is 0 Å². The maximum Gasteiger partial charge on any atom is 0.128 e. The summed E-state index contributed by atoms with van der Waals surface area (Å²) in [5, 5.41) is 3.02. The molecule has 0 bridgehead atoms. The number of aromatic nitrogens is 1. The highest BCUT2D eigenvalue weighted by Crippen LogP contribution is 2.04. The van der Waals surface area contributed by atoms with E-state index in [4.69, 9.17) is 11.5 Å². The van der Waals surface area contributed by atoms with Crippen molar-refractivity contribution in [1.29, 1.82) is 0 Å². The summed E-state index contributed by atoms with van der Waals surface area (Å²) < 4.78 is 0. The van der Waals surface area contributed by atoms with E-state index < -0.39 is 0 Å². The minimum Gasteiger partial charge on any atom is -0.384 e. The number of rotatable bonds is 3. The van der Waals surface area contributed by atoms with Gasteiger partial charge in [0.1, 0.15) is 11.6 Å². The molecule has 1 aromatic rings. The van der Waals surface area contributed by atoms with Crippen LogP contribution in [0.4, 0.5) is 11.6 Å². The Labute approximate surface area is 65.6 Å². The van der Waals surface area contributed by atoms with Gasteiger partial charge in [-0.2, -0.15) is 0 Å². The first kappa shape index (κ1) is 7.81. The largest absolute Gasteiger partial charge is 0.384 e. The van der Waals surface area contributed by atoms with E-state index in [9.17, 15) is 0 Å². The highest BCUT2D eigenvalue weighted by Gasteiger charge is 1.90. The number of hydrogen-bond donors (Lipinski definition) is 3. The number of nitrogens with two attached hydrogens (primary N) is 2. The normalized spacial score (nSPS) is 9.55. The van der Waals surface area contributed by atoms with E-state index in [1.54, 1.807) is 6.07 Å². The lowest BCUT2D eigenvalue weighted by Gasteiger charge is -2.02. The predicted octanol–water partition coefficient (Wildman–Crippen LogP) is 0.0344. The topological polar surface area (TPSA) is 77.0 Å². The van der Waals surface area contributed by atoms with Gasteiger partial charge in [-0.1, -0.05) is 6.07 Å². The van der Waals surface area contributed by atoms with Crippen LogP contribution in [0, 0.1) is 0 Å². The Bertz CT molecular complexity index is 223. The number of nitrogens with zero attached hydrogens (tertiary/aromatic N) is 1. The predicted molar refractivity (Wildman–Crippen MR) is 46.2 cm³/mol. The van der Waals surface area contributed by atoms with Crippen molar-refractivity contribution < 1.29 is 0 Å². The second-order valence-corrected chi connectivity index (χ2v) is 2.16. The van der Waals surface area contributed by atoms with E-state index in [0.717, 1.165) is 12.4 Å². The van der Waals surface area contributed by atoms with Crippen molar-refractivity contribution in [3.05, 3.63) is 18.2 Å². The van der Waals surface area contributed by atoms with Crippen molar-refractivity contribution in [3.63, 3.8) is 0 Å². The summed E-state index contributed by atoms with van der Waals surface area (Å²) in [5.41, 5.74) is 10.7. The van der Waals surface area contributed by atoms with Crippen LogP contribution in [0.3, 0.4) is 0 Å². The van der Waals surface area contributed by atoms with Gasteiger partial charge in [0.2, 0.25) is 0 Å². The quantitative estimate of drug-likeness (QED) is 0.571. The summed E-state index contributed by atoms with van der Waals surface area (Å²) in [7, 11) is 0.